The van der Waals surface area contributed by atoms with E-state index in [2.05, 4.69) is 9.88 Å². The van der Waals surface area contributed by atoms with Crippen LogP contribution in [-0.2, 0) is 6.54 Å². The van der Waals surface area contributed by atoms with Crippen LogP contribution in [-0.4, -0.2) is 46.9 Å². The summed E-state index contributed by atoms with van der Waals surface area (Å²) >= 11 is 5.84. The second kappa shape index (κ2) is 7.15. The van der Waals surface area contributed by atoms with Gasteiger partial charge in [0.15, 0.2) is 0 Å². The quantitative estimate of drug-likeness (QED) is 0.865. The molecule has 5 nitrogen and oxygen atoms in total. The molecule has 1 aromatic heterocycles. The number of nitrogens with zero attached hydrogens (tertiary/aromatic N) is 3. The van der Waals surface area contributed by atoms with Crippen LogP contribution in [0.4, 0.5) is 10.1 Å². The first-order chi connectivity index (χ1) is 11.5. The summed E-state index contributed by atoms with van der Waals surface area (Å²) in [6.07, 6.45) is 1.77. The molecule has 0 spiro atoms. The van der Waals surface area contributed by atoms with Crippen molar-refractivity contribution in [3.05, 3.63) is 58.6 Å². The monoisotopic (exact) mass is 348 g/mol. The number of carbonyl (C=O) groups excluding carboxylic acids is 1. The average Bonchev–Trinajstić information content (AvgIpc) is 2.59. The lowest BCUT2D eigenvalue weighted by Crippen LogP contribution is -2.48. The number of hydrogen-bond donors (Lipinski definition) is 1. The molecular weight excluding hydrogens is 331 g/mol. The number of pyridine rings is 1. The van der Waals surface area contributed by atoms with Gasteiger partial charge < -0.3 is 10.6 Å². The molecule has 2 aromatic rings. The van der Waals surface area contributed by atoms with E-state index < -0.39 is 5.82 Å². The van der Waals surface area contributed by atoms with E-state index in [4.69, 9.17) is 17.3 Å². The standard InChI is InChI=1S/C17H18ClFN4O/c18-12-9-14(16(20)15(19)10-12)17(24)23-7-5-22(6-8-23)11-13-3-1-2-4-21-13/h1-4,9-10H,5-8,11,20H2. The number of aromatic nitrogens is 1. The topological polar surface area (TPSA) is 62.5 Å². The van der Waals surface area contributed by atoms with Crippen LogP contribution in [0.1, 0.15) is 16.1 Å². The maximum Gasteiger partial charge on any atom is 0.256 e. The summed E-state index contributed by atoms with van der Waals surface area (Å²) in [5.74, 6) is -0.953. The SMILES string of the molecule is Nc1c(F)cc(Cl)cc1C(=O)N1CCN(Cc2ccccn2)CC1. The Morgan fingerprint density at radius 3 is 2.67 bits per heavy atom. The molecule has 24 heavy (non-hydrogen) atoms. The van der Waals surface area contributed by atoms with E-state index in [0.717, 1.165) is 31.4 Å². The van der Waals surface area contributed by atoms with Crippen molar-refractivity contribution in [2.75, 3.05) is 31.9 Å². The predicted octanol–water partition coefficient (Wildman–Crippen LogP) is 2.41. The summed E-state index contributed by atoms with van der Waals surface area (Å²) in [7, 11) is 0. The van der Waals surface area contributed by atoms with Gasteiger partial charge in [0.05, 0.1) is 16.9 Å². The highest BCUT2D eigenvalue weighted by Crippen LogP contribution is 2.24. The van der Waals surface area contributed by atoms with Gasteiger partial charge in [-0.25, -0.2) is 4.39 Å². The van der Waals surface area contributed by atoms with E-state index in [1.54, 1.807) is 11.1 Å². The molecule has 0 saturated carbocycles. The molecule has 1 amide bonds. The average molecular weight is 349 g/mol. The highest BCUT2D eigenvalue weighted by atomic mass is 35.5. The van der Waals surface area contributed by atoms with Crippen LogP contribution in [0.25, 0.3) is 0 Å². The molecule has 3 rings (SSSR count). The van der Waals surface area contributed by atoms with Gasteiger partial charge in [-0.2, -0.15) is 0 Å². The highest BCUT2D eigenvalue weighted by molar-refractivity contribution is 6.31. The second-order valence-electron chi connectivity index (χ2n) is 5.74. The lowest BCUT2D eigenvalue weighted by Gasteiger charge is -2.34. The van der Waals surface area contributed by atoms with E-state index in [9.17, 15) is 9.18 Å². The number of piperazine rings is 1. The molecule has 1 aliphatic heterocycles. The fraction of sp³-hybridized carbons (Fsp3) is 0.294. The number of amides is 1. The van der Waals surface area contributed by atoms with E-state index >= 15 is 0 Å². The van der Waals surface area contributed by atoms with Gasteiger partial charge in [-0.1, -0.05) is 17.7 Å². The van der Waals surface area contributed by atoms with Gasteiger partial charge in [0.1, 0.15) is 5.82 Å². The van der Waals surface area contributed by atoms with E-state index in [1.807, 2.05) is 18.2 Å². The highest BCUT2D eigenvalue weighted by Gasteiger charge is 2.25. The van der Waals surface area contributed by atoms with Crippen molar-refractivity contribution in [2.45, 2.75) is 6.54 Å². The third kappa shape index (κ3) is 3.66. The summed E-state index contributed by atoms with van der Waals surface area (Å²) in [6, 6.07) is 8.35. The summed E-state index contributed by atoms with van der Waals surface area (Å²) in [5.41, 5.74) is 6.66. The van der Waals surface area contributed by atoms with Gasteiger partial charge in [-0.3, -0.25) is 14.7 Å². The molecule has 2 N–H and O–H groups in total. The third-order valence-corrected chi connectivity index (χ3v) is 4.31. The number of rotatable bonds is 3. The molecule has 7 heteroatoms. The van der Waals surface area contributed by atoms with E-state index in [1.165, 1.54) is 6.07 Å². The largest absolute Gasteiger partial charge is 0.396 e. The number of anilines is 1. The molecule has 126 valence electrons. The summed E-state index contributed by atoms with van der Waals surface area (Å²) in [4.78, 5) is 20.8. The molecule has 1 saturated heterocycles. The van der Waals surface area contributed by atoms with Crippen molar-refractivity contribution >= 4 is 23.2 Å². The van der Waals surface area contributed by atoms with Gasteiger partial charge in [0, 0.05) is 43.9 Å². The van der Waals surface area contributed by atoms with Crippen LogP contribution in [0, 0.1) is 5.82 Å². The Bertz CT molecular complexity index is 733. The summed E-state index contributed by atoms with van der Waals surface area (Å²) in [6.45, 7) is 3.31. The summed E-state index contributed by atoms with van der Waals surface area (Å²) in [5, 5.41) is 0.166. The van der Waals surface area contributed by atoms with Crippen molar-refractivity contribution in [3.8, 4) is 0 Å². The van der Waals surface area contributed by atoms with E-state index in [0.29, 0.717) is 13.1 Å². The second-order valence-corrected chi connectivity index (χ2v) is 6.17. The zero-order valence-electron chi connectivity index (χ0n) is 13.1. The van der Waals surface area contributed by atoms with Gasteiger partial charge in [0.2, 0.25) is 0 Å². The van der Waals surface area contributed by atoms with Crippen LogP contribution in [0.3, 0.4) is 0 Å². The molecule has 0 aliphatic carbocycles. The Morgan fingerprint density at radius 1 is 1.25 bits per heavy atom. The van der Waals surface area contributed by atoms with Gasteiger partial charge in [-0.05, 0) is 24.3 Å². The number of nitrogen functional groups attached to an aromatic ring is 1. The molecular formula is C17H18ClFN4O. The summed E-state index contributed by atoms with van der Waals surface area (Å²) < 4.78 is 13.7. The molecule has 1 fully saturated rings. The van der Waals surface area contributed by atoms with Crippen LogP contribution >= 0.6 is 11.6 Å². The van der Waals surface area contributed by atoms with Gasteiger partial charge in [-0.15, -0.1) is 0 Å². The van der Waals surface area contributed by atoms with Crippen molar-refractivity contribution < 1.29 is 9.18 Å². The van der Waals surface area contributed by atoms with Crippen LogP contribution in [0.5, 0.6) is 0 Å². The van der Waals surface area contributed by atoms with Crippen molar-refractivity contribution in [3.63, 3.8) is 0 Å². The lowest BCUT2D eigenvalue weighted by molar-refractivity contribution is 0.0627. The minimum Gasteiger partial charge on any atom is -0.396 e. The molecule has 0 atom stereocenters. The van der Waals surface area contributed by atoms with Crippen LogP contribution in [0.2, 0.25) is 5.02 Å². The van der Waals surface area contributed by atoms with Crippen molar-refractivity contribution in [2.24, 2.45) is 0 Å². The zero-order chi connectivity index (χ0) is 17.1. The number of nitrogens with two attached hydrogens (primary N) is 1. The molecule has 2 heterocycles. The first-order valence-corrected chi connectivity index (χ1v) is 8.08. The first kappa shape index (κ1) is 16.7. The number of halogens is 2. The van der Waals surface area contributed by atoms with Crippen molar-refractivity contribution in [1.82, 2.24) is 14.8 Å². The fourth-order valence-electron chi connectivity index (χ4n) is 2.76. The fourth-order valence-corrected chi connectivity index (χ4v) is 2.97. The Labute approximate surface area is 144 Å². The molecule has 1 aromatic carbocycles. The number of benzene rings is 1. The van der Waals surface area contributed by atoms with Gasteiger partial charge in [0.25, 0.3) is 5.91 Å². The Hall–Kier alpha value is -2.18. The molecule has 0 radical (unpaired) electrons. The van der Waals surface area contributed by atoms with Crippen LogP contribution < -0.4 is 5.73 Å². The molecule has 1 aliphatic rings. The minimum absolute atomic E-state index is 0.123. The van der Waals surface area contributed by atoms with Crippen LogP contribution in [0.15, 0.2) is 36.5 Å². The minimum atomic E-state index is -0.667. The predicted molar refractivity (Wildman–Crippen MR) is 91.2 cm³/mol. The molecule has 0 unspecified atom stereocenters. The van der Waals surface area contributed by atoms with Gasteiger partial charge >= 0.3 is 0 Å². The maximum absolute atomic E-state index is 13.7. The zero-order valence-corrected chi connectivity index (χ0v) is 13.8. The third-order valence-electron chi connectivity index (χ3n) is 4.10. The number of hydrogen-bond acceptors (Lipinski definition) is 4. The van der Waals surface area contributed by atoms with E-state index in [-0.39, 0.29) is 22.2 Å². The smallest absolute Gasteiger partial charge is 0.256 e. The first-order valence-electron chi connectivity index (χ1n) is 7.70. The Kier molecular flexibility index (Phi) is 4.97. The van der Waals surface area contributed by atoms with Crippen molar-refractivity contribution in [1.29, 1.82) is 0 Å². The lowest BCUT2D eigenvalue weighted by atomic mass is 10.1. The Balaban J connectivity index is 1.63. The Morgan fingerprint density at radius 2 is 2.00 bits per heavy atom. The maximum atomic E-state index is 13.7. The number of carbonyl (C=O) groups is 1. The molecule has 0 bridgehead atoms. The normalized spacial score (nSPS) is 15.5.